The van der Waals surface area contributed by atoms with Crippen molar-refractivity contribution in [2.24, 2.45) is 0 Å². The third-order valence-corrected chi connectivity index (χ3v) is 4.07. The van der Waals surface area contributed by atoms with Gasteiger partial charge in [-0.25, -0.2) is 4.98 Å². The van der Waals surface area contributed by atoms with Crippen LogP contribution in [0, 0.1) is 6.92 Å². The molecule has 0 spiro atoms. The van der Waals surface area contributed by atoms with Crippen molar-refractivity contribution in [3.63, 3.8) is 0 Å². The van der Waals surface area contributed by atoms with Gasteiger partial charge in [-0.15, -0.1) is 0 Å². The molecular formula is C17H22N4. The molecule has 1 aliphatic carbocycles. The lowest BCUT2D eigenvalue weighted by Gasteiger charge is -2.13. The SMILES string of the molecule is Cc1ccccc1CNc1ccnc(NC2CCCC2)n1. The molecule has 1 aromatic heterocycles. The lowest BCUT2D eigenvalue weighted by atomic mass is 10.1. The van der Waals surface area contributed by atoms with Gasteiger partial charge in [0.2, 0.25) is 5.95 Å². The predicted octanol–water partition coefficient (Wildman–Crippen LogP) is 3.75. The second-order valence-electron chi connectivity index (χ2n) is 5.67. The molecule has 0 amide bonds. The fourth-order valence-corrected chi connectivity index (χ4v) is 2.77. The van der Waals surface area contributed by atoms with E-state index in [1.165, 1.54) is 36.8 Å². The summed E-state index contributed by atoms with van der Waals surface area (Å²) in [5.74, 6) is 1.60. The Morgan fingerprint density at radius 2 is 1.95 bits per heavy atom. The normalized spacial score (nSPS) is 15.1. The van der Waals surface area contributed by atoms with E-state index < -0.39 is 0 Å². The van der Waals surface area contributed by atoms with Gasteiger partial charge in [0.1, 0.15) is 5.82 Å². The molecule has 21 heavy (non-hydrogen) atoms. The average molecular weight is 282 g/mol. The summed E-state index contributed by atoms with van der Waals surface area (Å²) in [7, 11) is 0. The van der Waals surface area contributed by atoms with Crippen molar-refractivity contribution in [3.05, 3.63) is 47.7 Å². The van der Waals surface area contributed by atoms with Gasteiger partial charge in [0.25, 0.3) is 0 Å². The highest BCUT2D eigenvalue weighted by molar-refractivity contribution is 5.41. The van der Waals surface area contributed by atoms with Crippen LogP contribution in [0.4, 0.5) is 11.8 Å². The van der Waals surface area contributed by atoms with Gasteiger partial charge in [-0.1, -0.05) is 37.1 Å². The van der Waals surface area contributed by atoms with Crippen molar-refractivity contribution < 1.29 is 0 Å². The van der Waals surface area contributed by atoms with Gasteiger partial charge in [0.05, 0.1) is 0 Å². The van der Waals surface area contributed by atoms with Crippen LogP contribution in [0.15, 0.2) is 36.5 Å². The van der Waals surface area contributed by atoms with E-state index in [4.69, 9.17) is 0 Å². The maximum atomic E-state index is 4.55. The van der Waals surface area contributed by atoms with E-state index in [2.05, 4.69) is 51.8 Å². The molecule has 110 valence electrons. The first kappa shape index (κ1) is 13.9. The highest BCUT2D eigenvalue weighted by Crippen LogP contribution is 2.21. The largest absolute Gasteiger partial charge is 0.366 e. The van der Waals surface area contributed by atoms with Crippen molar-refractivity contribution in [2.45, 2.75) is 45.2 Å². The van der Waals surface area contributed by atoms with Crippen molar-refractivity contribution in [3.8, 4) is 0 Å². The summed E-state index contributed by atoms with van der Waals surface area (Å²) in [4.78, 5) is 8.86. The van der Waals surface area contributed by atoms with E-state index >= 15 is 0 Å². The molecule has 2 aromatic rings. The molecule has 0 atom stereocenters. The smallest absolute Gasteiger partial charge is 0.224 e. The van der Waals surface area contributed by atoms with E-state index in [9.17, 15) is 0 Å². The zero-order valence-corrected chi connectivity index (χ0v) is 12.5. The van der Waals surface area contributed by atoms with Gasteiger partial charge in [0.15, 0.2) is 0 Å². The fraction of sp³-hybridized carbons (Fsp3) is 0.412. The standard InChI is InChI=1S/C17H22N4/c1-13-6-2-3-7-14(13)12-19-16-10-11-18-17(21-16)20-15-8-4-5-9-15/h2-3,6-7,10-11,15H,4-5,8-9,12H2,1H3,(H2,18,19,20,21). The quantitative estimate of drug-likeness (QED) is 0.877. The van der Waals surface area contributed by atoms with Gasteiger partial charge < -0.3 is 10.6 Å². The van der Waals surface area contributed by atoms with Crippen molar-refractivity contribution in [1.82, 2.24) is 9.97 Å². The monoisotopic (exact) mass is 282 g/mol. The Hall–Kier alpha value is -2.10. The highest BCUT2D eigenvalue weighted by Gasteiger charge is 2.15. The molecule has 0 radical (unpaired) electrons. The summed E-state index contributed by atoms with van der Waals surface area (Å²) in [6, 6.07) is 10.9. The third-order valence-electron chi connectivity index (χ3n) is 4.07. The maximum absolute atomic E-state index is 4.55. The Balaban J connectivity index is 1.61. The van der Waals surface area contributed by atoms with E-state index in [0.717, 1.165) is 18.3 Å². The molecule has 0 saturated heterocycles. The topological polar surface area (TPSA) is 49.8 Å². The van der Waals surface area contributed by atoms with Crippen LogP contribution in [-0.2, 0) is 6.54 Å². The van der Waals surface area contributed by atoms with Crippen molar-refractivity contribution in [2.75, 3.05) is 10.6 Å². The first-order valence-electron chi connectivity index (χ1n) is 7.69. The van der Waals surface area contributed by atoms with Crippen LogP contribution in [0.2, 0.25) is 0 Å². The molecule has 1 saturated carbocycles. The molecule has 0 unspecified atom stereocenters. The third kappa shape index (κ3) is 3.72. The minimum absolute atomic E-state index is 0.539. The number of aryl methyl sites for hydroxylation is 1. The number of rotatable bonds is 5. The summed E-state index contributed by atoms with van der Waals surface area (Å²) >= 11 is 0. The Labute approximate surface area is 126 Å². The Morgan fingerprint density at radius 1 is 1.14 bits per heavy atom. The molecule has 1 aromatic carbocycles. The number of nitrogens with one attached hydrogen (secondary N) is 2. The molecule has 2 N–H and O–H groups in total. The number of nitrogens with zero attached hydrogens (tertiary/aromatic N) is 2. The van der Waals surface area contributed by atoms with E-state index in [1.54, 1.807) is 0 Å². The molecule has 1 heterocycles. The predicted molar refractivity (Wildman–Crippen MR) is 86.4 cm³/mol. The Kier molecular flexibility index (Phi) is 4.34. The molecular weight excluding hydrogens is 260 g/mol. The van der Waals surface area contributed by atoms with Crippen LogP contribution in [0.25, 0.3) is 0 Å². The van der Waals surface area contributed by atoms with Crippen molar-refractivity contribution >= 4 is 11.8 Å². The van der Waals surface area contributed by atoms with Gasteiger partial charge in [-0.05, 0) is 37.0 Å². The van der Waals surface area contributed by atoms with Gasteiger partial charge >= 0.3 is 0 Å². The fourth-order valence-electron chi connectivity index (χ4n) is 2.77. The van der Waals surface area contributed by atoms with Gasteiger partial charge in [-0.2, -0.15) is 4.98 Å². The van der Waals surface area contributed by atoms with Crippen LogP contribution < -0.4 is 10.6 Å². The first-order valence-corrected chi connectivity index (χ1v) is 7.69. The van der Waals surface area contributed by atoms with Crippen LogP contribution in [0.3, 0.4) is 0 Å². The molecule has 4 nitrogen and oxygen atoms in total. The summed E-state index contributed by atoms with van der Waals surface area (Å²) < 4.78 is 0. The zero-order valence-electron chi connectivity index (χ0n) is 12.5. The molecule has 0 bridgehead atoms. The molecule has 3 rings (SSSR count). The van der Waals surface area contributed by atoms with E-state index in [1.807, 2.05) is 12.3 Å². The maximum Gasteiger partial charge on any atom is 0.224 e. The highest BCUT2D eigenvalue weighted by atomic mass is 15.1. The number of anilines is 2. The summed E-state index contributed by atoms with van der Waals surface area (Å²) in [5.41, 5.74) is 2.59. The minimum Gasteiger partial charge on any atom is -0.366 e. The van der Waals surface area contributed by atoms with E-state index in [-0.39, 0.29) is 0 Å². The van der Waals surface area contributed by atoms with Crippen LogP contribution in [0.1, 0.15) is 36.8 Å². The zero-order chi connectivity index (χ0) is 14.5. The van der Waals surface area contributed by atoms with Gasteiger partial charge in [0, 0.05) is 18.8 Å². The number of hydrogen-bond acceptors (Lipinski definition) is 4. The number of aromatic nitrogens is 2. The number of benzene rings is 1. The minimum atomic E-state index is 0.539. The van der Waals surface area contributed by atoms with Crippen LogP contribution >= 0.6 is 0 Å². The Bertz CT molecular complexity index is 591. The summed E-state index contributed by atoms with van der Waals surface area (Å²) in [6.07, 6.45) is 6.88. The summed E-state index contributed by atoms with van der Waals surface area (Å²) in [6.45, 7) is 2.91. The first-order chi connectivity index (χ1) is 10.3. The molecule has 0 aliphatic heterocycles. The molecule has 4 heteroatoms. The van der Waals surface area contributed by atoms with Crippen molar-refractivity contribution in [1.29, 1.82) is 0 Å². The Morgan fingerprint density at radius 3 is 2.76 bits per heavy atom. The number of hydrogen-bond donors (Lipinski definition) is 2. The second-order valence-corrected chi connectivity index (χ2v) is 5.67. The molecule has 1 fully saturated rings. The van der Waals surface area contributed by atoms with Gasteiger partial charge in [-0.3, -0.25) is 0 Å². The van der Waals surface area contributed by atoms with Crippen LogP contribution in [0.5, 0.6) is 0 Å². The second kappa shape index (κ2) is 6.57. The van der Waals surface area contributed by atoms with Crippen LogP contribution in [-0.4, -0.2) is 16.0 Å². The molecule has 1 aliphatic rings. The summed E-state index contributed by atoms with van der Waals surface area (Å²) in [5, 5.41) is 6.80. The van der Waals surface area contributed by atoms with E-state index in [0.29, 0.717) is 6.04 Å². The lowest BCUT2D eigenvalue weighted by Crippen LogP contribution is -2.17. The average Bonchev–Trinajstić information content (AvgIpc) is 3.00. The lowest BCUT2D eigenvalue weighted by molar-refractivity contribution is 0.744.